The maximum absolute atomic E-state index is 5.59. The average molecular weight is 201 g/mol. The Morgan fingerprint density at radius 3 is 2.80 bits per heavy atom. The molecule has 1 aromatic heterocycles. The minimum absolute atomic E-state index is 0.668. The van der Waals surface area contributed by atoms with Crippen molar-refractivity contribution in [1.82, 2.24) is 9.55 Å². The molecular weight excluding hydrogens is 186 g/mol. The lowest BCUT2D eigenvalue weighted by atomic mass is 10.0. The Labute approximate surface area is 89.6 Å². The number of benzene rings is 1. The van der Waals surface area contributed by atoms with E-state index in [1.165, 1.54) is 11.1 Å². The van der Waals surface area contributed by atoms with Crippen LogP contribution in [0, 0.1) is 0 Å². The molecule has 3 nitrogen and oxygen atoms in total. The molecule has 0 bridgehead atoms. The Hall–Kier alpha value is -1.61. The van der Waals surface area contributed by atoms with E-state index in [4.69, 9.17) is 5.73 Å². The fourth-order valence-corrected chi connectivity index (χ4v) is 1.74. The Balaban J connectivity index is 2.48. The zero-order chi connectivity index (χ0) is 10.7. The van der Waals surface area contributed by atoms with E-state index in [1.54, 1.807) is 0 Å². The Morgan fingerprint density at radius 1 is 1.33 bits per heavy atom. The third-order valence-corrected chi connectivity index (χ3v) is 2.49. The molecule has 0 saturated heterocycles. The van der Waals surface area contributed by atoms with Crippen molar-refractivity contribution >= 4 is 0 Å². The highest BCUT2D eigenvalue weighted by Gasteiger charge is 2.07. The quantitative estimate of drug-likeness (QED) is 0.819. The highest BCUT2D eigenvalue weighted by Crippen LogP contribution is 2.21. The van der Waals surface area contributed by atoms with Crippen LogP contribution in [0.25, 0.3) is 11.4 Å². The van der Waals surface area contributed by atoms with Crippen molar-refractivity contribution in [2.45, 2.75) is 6.42 Å². The molecular formula is C12H15N3. The van der Waals surface area contributed by atoms with Crippen molar-refractivity contribution in [1.29, 1.82) is 0 Å². The molecule has 0 atom stereocenters. The monoisotopic (exact) mass is 201 g/mol. The van der Waals surface area contributed by atoms with Gasteiger partial charge in [0.15, 0.2) is 0 Å². The molecule has 0 saturated carbocycles. The van der Waals surface area contributed by atoms with Crippen LogP contribution in [-0.4, -0.2) is 16.1 Å². The van der Waals surface area contributed by atoms with Crippen molar-refractivity contribution in [2.75, 3.05) is 6.54 Å². The summed E-state index contributed by atoms with van der Waals surface area (Å²) in [6, 6.07) is 8.27. The molecule has 2 aromatic rings. The molecule has 0 aliphatic carbocycles. The van der Waals surface area contributed by atoms with Gasteiger partial charge in [-0.05, 0) is 18.5 Å². The predicted molar refractivity (Wildman–Crippen MR) is 61.4 cm³/mol. The molecule has 78 valence electrons. The van der Waals surface area contributed by atoms with Gasteiger partial charge in [0.25, 0.3) is 0 Å². The maximum atomic E-state index is 5.59. The van der Waals surface area contributed by atoms with Gasteiger partial charge in [0, 0.05) is 25.0 Å². The second-order valence-electron chi connectivity index (χ2n) is 3.56. The normalized spacial score (nSPS) is 10.5. The number of aryl methyl sites for hydroxylation is 1. The largest absolute Gasteiger partial charge is 0.334 e. The van der Waals surface area contributed by atoms with Crippen LogP contribution in [0.1, 0.15) is 5.56 Å². The van der Waals surface area contributed by atoms with Crippen molar-refractivity contribution in [3.05, 3.63) is 42.2 Å². The van der Waals surface area contributed by atoms with Gasteiger partial charge in [-0.25, -0.2) is 4.98 Å². The van der Waals surface area contributed by atoms with Crippen LogP contribution in [0.4, 0.5) is 0 Å². The first-order valence-corrected chi connectivity index (χ1v) is 5.08. The molecule has 0 fully saturated rings. The van der Waals surface area contributed by atoms with Crippen LogP contribution in [0.5, 0.6) is 0 Å². The first-order valence-electron chi connectivity index (χ1n) is 5.08. The van der Waals surface area contributed by atoms with Gasteiger partial charge in [-0.1, -0.05) is 24.3 Å². The molecule has 0 amide bonds. The molecule has 0 spiro atoms. The van der Waals surface area contributed by atoms with E-state index in [9.17, 15) is 0 Å². The van der Waals surface area contributed by atoms with Crippen molar-refractivity contribution in [3.63, 3.8) is 0 Å². The summed E-state index contributed by atoms with van der Waals surface area (Å²) < 4.78 is 2.02. The summed E-state index contributed by atoms with van der Waals surface area (Å²) in [6.45, 7) is 0.668. The van der Waals surface area contributed by atoms with Gasteiger partial charge < -0.3 is 10.3 Å². The topological polar surface area (TPSA) is 43.8 Å². The van der Waals surface area contributed by atoms with Gasteiger partial charge in [-0.15, -0.1) is 0 Å². The molecule has 0 aliphatic heterocycles. The lowest BCUT2D eigenvalue weighted by Gasteiger charge is -2.08. The summed E-state index contributed by atoms with van der Waals surface area (Å²) in [6.07, 6.45) is 4.66. The lowest BCUT2D eigenvalue weighted by molar-refractivity contribution is 0.913. The summed E-state index contributed by atoms with van der Waals surface area (Å²) in [4.78, 5) is 4.35. The van der Waals surface area contributed by atoms with Gasteiger partial charge in [0.1, 0.15) is 5.82 Å². The molecule has 2 N–H and O–H groups in total. The minimum Gasteiger partial charge on any atom is -0.334 e. The Kier molecular flexibility index (Phi) is 2.83. The summed E-state index contributed by atoms with van der Waals surface area (Å²) in [5.74, 6) is 0.999. The average Bonchev–Trinajstić information content (AvgIpc) is 2.66. The van der Waals surface area contributed by atoms with E-state index >= 15 is 0 Å². The van der Waals surface area contributed by atoms with E-state index in [0.717, 1.165) is 12.2 Å². The number of rotatable bonds is 3. The van der Waals surface area contributed by atoms with Gasteiger partial charge >= 0.3 is 0 Å². The number of nitrogens with two attached hydrogens (primary N) is 1. The maximum Gasteiger partial charge on any atom is 0.139 e. The molecule has 0 radical (unpaired) electrons. The number of hydrogen-bond acceptors (Lipinski definition) is 2. The van der Waals surface area contributed by atoms with Gasteiger partial charge in [-0.2, -0.15) is 0 Å². The molecule has 1 heterocycles. The summed E-state index contributed by atoms with van der Waals surface area (Å²) >= 11 is 0. The SMILES string of the molecule is Cn1ccnc1-c1ccccc1CCN. The van der Waals surface area contributed by atoms with Crippen molar-refractivity contribution < 1.29 is 0 Å². The van der Waals surface area contributed by atoms with E-state index in [-0.39, 0.29) is 0 Å². The Morgan fingerprint density at radius 2 is 2.13 bits per heavy atom. The number of nitrogens with zero attached hydrogens (tertiary/aromatic N) is 2. The zero-order valence-electron chi connectivity index (χ0n) is 8.85. The van der Waals surface area contributed by atoms with Crippen molar-refractivity contribution in [2.24, 2.45) is 12.8 Å². The second kappa shape index (κ2) is 4.28. The van der Waals surface area contributed by atoms with Crippen LogP contribution >= 0.6 is 0 Å². The van der Waals surface area contributed by atoms with E-state index < -0.39 is 0 Å². The first kappa shape index (κ1) is 9.93. The summed E-state index contributed by atoms with van der Waals surface area (Å²) in [5, 5.41) is 0. The molecule has 15 heavy (non-hydrogen) atoms. The van der Waals surface area contributed by atoms with Gasteiger partial charge in [-0.3, -0.25) is 0 Å². The molecule has 3 heteroatoms. The predicted octanol–water partition coefficient (Wildman–Crippen LogP) is 1.59. The zero-order valence-corrected chi connectivity index (χ0v) is 8.85. The number of aromatic nitrogens is 2. The summed E-state index contributed by atoms with van der Waals surface area (Å²) in [7, 11) is 2.00. The highest BCUT2D eigenvalue weighted by atomic mass is 15.0. The lowest BCUT2D eigenvalue weighted by Crippen LogP contribution is -2.05. The standard InChI is InChI=1S/C12H15N3/c1-15-9-8-14-12(15)11-5-3-2-4-10(11)6-7-13/h2-5,8-9H,6-7,13H2,1H3. The fourth-order valence-electron chi connectivity index (χ4n) is 1.74. The fraction of sp³-hybridized carbons (Fsp3) is 0.250. The second-order valence-corrected chi connectivity index (χ2v) is 3.56. The Bertz CT molecular complexity index is 446. The van der Waals surface area contributed by atoms with E-state index in [0.29, 0.717) is 6.54 Å². The van der Waals surface area contributed by atoms with Crippen LogP contribution in [-0.2, 0) is 13.5 Å². The minimum atomic E-state index is 0.668. The summed E-state index contributed by atoms with van der Waals surface area (Å²) in [5.41, 5.74) is 8.03. The highest BCUT2D eigenvalue weighted by molar-refractivity contribution is 5.60. The smallest absolute Gasteiger partial charge is 0.139 e. The van der Waals surface area contributed by atoms with E-state index in [2.05, 4.69) is 17.1 Å². The van der Waals surface area contributed by atoms with E-state index in [1.807, 2.05) is 36.1 Å². The van der Waals surface area contributed by atoms with Crippen LogP contribution in [0.15, 0.2) is 36.7 Å². The third kappa shape index (κ3) is 1.92. The van der Waals surface area contributed by atoms with Crippen LogP contribution in [0.3, 0.4) is 0 Å². The first-order chi connectivity index (χ1) is 7.33. The van der Waals surface area contributed by atoms with Gasteiger partial charge in [0.05, 0.1) is 0 Å². The number of imidazole rings is 1. The van der Waals surface area contributed by atoms with Gasteiger partial charge in [0.2, 0.25) is 0 Å². The van der Waals surface area contributed by atoms with Crippen LogP contribution in [0.2, 0.25) is 0 Å². The van der Waals surface area contributed by atoms with Crippen LogP contribution < -0.4 is 5.73 Å². The number of hydrogen-bond donors (Lipinski definition) is 1. The van der Waals surface area contributed by atoms with Crippen molar-refractivity contribution in [3.8, 4) is 11.4 Å². The molecule has 2 rings (SSSR count). The molecule has 0 aliphatic rings. The molecule has 1 aromatic carbocycles. The molecule has 0 unspecified atom stereocenters. The third-order valence-electron chi connectivity index (χ3n) is 2.49.